The molecular formula is C25H20BrClN4O6. The molecule has 37 heavy (non-hydrogen) atoms. The van der Waals surface area contributed by atoms with Gasteiger partial charge in [0.25, 0.3) is 17.5 Å². The molecule has 0 radical (unpaired) electrons. The van der Waals surface area contributed by atoms with E-state index >= 15 is 0 Å². The number of amides is 2. The molecule has 0 aliphatic rings. The van der Waals surface area contributed by atoms with Crippen molar-refractivity contribution in [2.24, 2.45) is 5.10 Å². The summed E-state index contributed by atoms with van der Waals surface area (Å²) in [6, 6.07) is 11.6. The number of hydrogen-bond donors (Lipinski definition) is 4. The summed E-state index contributed by atoms with van der Waals surface area (Å²) in [5.74, 6) is -1.82. The van der Waals surface area contributed by atoms with E-state index in [9.17, 15) is 29.9 Å². The van der Waals surface area contributed by atoms with Crippen molar-refractivity contribution < 1.29 is 24.7 Å². The molecule has 0 bridgehead atoms. The van der Waals surface area contributed by atoms with Crippen molar-refractivity contribution >= 4 is 57.3 Å². The third-order valence-electron chi connectivity index (χ3n) is 5.29. The number of hydrogen-bond acceptors (Lipinski definition) is 7. The lowest BCUT2D eigenvalue weighted by molar-refractivity contribution is -0.384. The number of carbonyl (C=O) groups excluding carboxylic acids is 2. The molecule has 10 nitrogen and oxygen atoms in total. The van der Waals surface area contributed by atoms with Gasteiger partial charge >= 0.3 is 0 Å². The van der Waals surface area contributed by atoms with E-state index < -0.39 is 16.7 Å². The van der Waals surface area contributed by atoms with E-state index in [0.29, 0.717) is 15.6 Å². The summed E-state index contributed by atoms with van der Waals surface area (Å²) in [4.78, 5) is 36.1. The lowest BCUT2D eigenvalue weighted by atomic mass is 10.0. The third-order valence-corrected chi connectivity index (χ3v) is 6.59. The monoisotopic (exact) mass is 586 g/mol. The predicted molar refractivity (Wildman–Crippen MR) is 143 cm³/mol. The van der Waals surface area contributed by atoms with Crippen LogP contribution < -0.4 is 10.7 Å². The highest BCUT2D eigenvalue weighted by Crippen LogP contribution is 2.39. The molecule has 0 unspecified atom stereocenters. The van der Waals surface area contributed by atoms with E-state index in [1.165, 1.54) is 55.6 Å². The molecule has 3 aromatic rings. The lowest BCUT2D eigenvalue weighted by Gasteiger charge is -2.12. The first-order valence-corrected chi connectivity index (χ1v) is 11.7. The molecule has 0 saturated heterocycles. The van der Waals surface area contributed by atoms with Gasteiger partial charge in [-0.3, -0.25) is 19.7 Å². The van der Waals surface area contributed by atoms with E-state index in [1.54, 1.807) is 19.1 Å². The fourth-order valence-corrected chi connectivity index (χ4v) is 3.91. The van der Waals surface area contributed by atoms with Crippen LogP contribution >= 0.6 is 27.5 Å². The number of hydrazone groups is 1. The minimum absolute atomic E-state index is 0.119. The zero-order valence-corrected chi connectivity index (χ0v) is 21.8. The number of nitro benzene ring substituents is 1. The molecule has 0 spiro atoms. The quantitative estimate of drug-likeness (QED) is 0.133. The average Bonchev–Trinajstić information content (AvgIpc) is 2.88. The van der Waals surface area contributed by atoms with E-state index in [2.05, 4.69) is 31.8 Å². The Morgan fingerprint density at radius 1 is 1.05 bits per heavy atom. The molecule has 0 heterocycles. The highest BCUT2D eigenvalue weighted by molar-refractivity contribution is 9.10. The van der Waals surface area contributed by atoms with Gasteiger partial charge in [0.15, 0.2) is 0 Å². The van der Waals surface area contributed by atoms with Gasteiger partial charge < -0.3 is 15.5 Å². The maximum Gasteiger partial charge on any atom is 0.287 e. The topological polar surface area (TPSA) is 154 Å². The highest BCUT2D eigenvalue weighted by Gasteiger charge is 2.18. The smallest absolute Gasteiger partial charge is 0.287 e. The second kappa shape index (κ2) is 11.7. The minimum atomic E-state index is -0.818. The van der Waals surface area contributed by atoms with Gasteiger partial charge in [0.2, 0.25) is 0 Å². The number of nitro groups is 1. The van der Waals surface area contributed by atoms with Crippen molar-refractivity contribution in [2.45, 2.75) is 13.8 Å². The van der Waals surface area contributed by atoms with Crippen LogP contribution in [0, 0.1) is 24.0 Å². The maximum absolute atomic E-state index is 13.0. The summed E-state index contributed by atoms with van der Waals surface area (Å²) in [6.07, 6.45) is 2.51. The van der Waals surface area contributed by atoms with E-state index in [-0.39, 0.29) is 44.6 Å². The van der Waals surface area contributed by atoms with Gasteiger partial charge in [-0.2, -0.15) is 5.10 Å². The maximum atomic E-state index is 13.0. The summed E-state index contributed by atoms with van der Waals surface area (Å²) >= 11 is 9.34. The van der Waals surface area contributed by atoms with Crippen LogP contribution in [0.1, 0.15) is 32.6 Å². The van der Waals surface area contributed by atoms with Crippen LogP contribution in [0.4, 0.5) is 5.69 Å². The fraction of sp³-hybridized carbons (Fsp3) is 0.0800. The number of phenolic OH excluding ortho intramolecular Hbond substituents is 2. The molecule has 0 aromatic heterocycles. The molecule has 0 saturated carbocycles. The minimum Gasteiger partial charge on any atom is -0.507 e. The van der Waals surface area contributed by atoms with Crippen LogP contribution in [0.3, 0.4) is 0 Å². The molecule has 0 fully saturated rings. The number of rotatable bonds is 7. The Kier molecular flexibility index (Phi) is 8.64. The molecule has 0 aliphatic heterocycles. The summed E-state index contributed by atoms with van der Waals surface area (Å²) in [6.45, 7) is 3.15. The predicted octanol–water partition coefficient (Wildman–Crippen LogP) is 4.96. The summed E-state index contributed by atoms with van der Waals surface area (Å²) in [7, 11) is 0. The molecule has 3 aromatic carbocycles. The van der Waals surface area contributed by atoms with Crippen molar-refractivity contribution in [3.63, 3.8) is 0 Å². The van der Waals surface area contributed by atoms with Crippen molar-refractivity contribution in [3.8, 4) is 11.5 Å². The summed E-state index contributed by atoms with van der Waals surface area (Å²) in [5, 5.41) is 37.9. The molecular weight excluding hydrogens is 568 g/mol. The van der Waals surface area contributed by atoms with Gasteiger partial charge in [-0.05, 0) is 71.2 Å². The second-order valence-electron chi connectivity index (χ2n) is 7.71. The van der Waals surface area contributed by atoms with Crippen molar-refractivity contribution in [1.82, 2.24) is 10.7 Å². The van der Waals surface area contributed by atoms with Crippen molar-refractivity contribution in [3.05, 3.63) is 102 Å². The SMILES string of the molecule is Cc1c(O)c(Br)c(C)c(/C=N/NC(=O)/C(=C\c2ccc([N+](=O)[O-])cc2)NC(=O)c2ccccc2Cl)c1O. The average molecular weight is 588 g/mol. The van der Waals surface area contributed by atoms with Gasteiger partial charge in [0, 0.05) is 23.3 Å². The highest BCUT2D eigenvalue weighted by atomic mass is 79.9. The number of phenols is 2. The standard InChI is InChI=1S/C25H20BrClN4O6/c1-13-18(22(32)14(2)23(33)21(13)26)12-28-30-25(35)20(11-15-7-9-16(10-8-15)31(36)37)29-24(34)17-5-3-4-6-19(17)27/h3-12,32-33H,1-2H3,(H,29,34)(H,30,35)/b20-11+,28-12+. The van der Waals surface area contributed by atoms with E-state index in [4.69, 9.17) is 11.6 Å². The first-order chi connectivity index (χ1) is 17.5. The largest absolute Gasteiger partial charge is 0.507 e. The fourth-order valence-electron chi connectivity index (χ4n) is 3.18. The van der Waals surface area contributed by atoms with E-state index in [1.807, 2.05) is 0 Å². The number of benzene rings is 3. The van der Waals surface area contributed by atoms with Crippen LogP contribution in [0.25, 0.3) is 6.08 Å². The van der Waals surface area contributed by atoms with Crippen LogP contribution in [0.15, 0.2) is 63.8 Å². The van der Waals surface area contributed by atoms with Gasteiger partial charge in [0.1, 0.15) is 17.2 Å². The Morgan fingerprint density at radius 2 is 1.70 bits per heavy atom. The zero-order valence-electron chi connectivity index (χ0n) is 19.5. The Bertz CT molecular complexity index is 1430. The first kappa shape index (κ1) is 27.4. The first-order valence-electron chi connectivity index (χ1n) is 10.6. The normalized spacial score (nSPS) is 11.4. The van der Waals surface area contributed by atoms with Crippen molar-refractivity contribution in [1.29, 1.82) is 0 Å². The number of halogens is 2. The Balaban J connectivity index is 1.92. The number of carbonyl (C=O) groups is 2. The molecule has 190 valence electrons. The molecule has 12 heteroatoms. The molecule has 0 atom stereocenters. The Hall–Kier alpha value is -4.22. The van der Waals surface area contributed by atoms with Crippen LogP contribution in [0.2, 0.25) is 5.02 Å². The van der Waals surface area contributed by atoms with E-state index in [0.717, 1.165) is 0 Å². The molecule has 0 aliphatic carbocycles. The Labute approximate surface area is 224 Å². The van der Waals surface area contributed by atoms with Crippen LogP contribution in [0.5, 0.6) is 11.5 Å². The molecule has 3 rings (SSSR count). The van der Waals surface area contributed by atoms with Crippen LogP contribution in [-0.4, -0.2) is 33.2 Å². The zero-order chi connectivity index (χ0) is 27.3. The Morgan fingerprint density at radius 3 is 2.32 bits per heavy atom. The van der Waals surface area contributed by atoms with Gasteiger partial charge in [-0.1, -0.05) is 23.7 Å². The molecule has 4 N–H and O–H groups in total. The number of nitrogens with zero attached hydrogens (tertiary/aromatic N) is 2. The number of aromatic hydroxyl groups is 2. The lowest BCUT2D eigenvalue weighted by Crippen LogP contribution is -2.33. The van der Waals surface area contributed by atoms with Crippen molar-refractivity contribution in [2.75, 3.05) is 0 Å². The third kappa shape index (κ3) is 6.32. The number of nitrogens with one attached hydrogen (secondary N) is 2. The summed E-state index contributed by atoms with van der Waals surface area (Å²) in [5.41, 5.74) is 3.39. The summed E-state index contributed by atoms with van der Waals surface area (Å²) < 4.78 is 0.362. The van der Waals surface area contributed by atoms with Gasteiger partial charge in [0.05, 0.1) is 26.2 Å². The molecule has 2 amide bonds. The van der Waals surface area contributed by atoms with Crippen LogP contribution in [-0.2, 0) is 4.79 Å². The van der Waals surface area contributed by atoms with Gasteiger partial charge in [-0.15, -0.1) is 0 Å². The number of non-ortho nitro benzene ring substituents is 1. The second-order valence-corrected chi connectivity index (χ2v) is 8.91. The van der Waals surface area contributed by atoms with Gasteiger partial charge in [-0.25, -0.2) is 5.43 Å².